The second-order valence-electron chi connectivity index (χ2n) is 6.09. The number of morpholine rings is 1. The minimum absolute atomic E-state index is 0.246. The molecule has 0 unspecified atom stereocenters. The summed E-state index contributed by atoms with van der Waals surface area (Å²) in [5.41, 5.74) is 0. The molecule has 3 rings (SSSR count). The van der Waals surface area contributed by atoms with Crippen LogP contribution in [0.15, 0.2) is 24.5 Å². The van der Waals surface area contributed by atoms with Crippen molar-refractivity contribution in [3.05, 3.63) is 24.5 Å². The average Bonchev–Trinajstić information content (AvgIpc) is 3.02. The van der Waals surface area contributed by atoms with Crippen LogP contribution < -0.4 is 0 Å². The van der Waals surface area contributed by atoms with Crippen LogP contribution in [0.5, 0.6) is 0 Å². The number of nitrogens with zero attached hydrogens (tertiary/aromatic N) is 3. The van der Waals surface area contributed by atoms with Gasteiger partial charge in [0.05, 0.1) is 13.2 Å². The highest BCUT2D eigenvalue weighted by atomic mass is 16.5. The van der Waals surface area contributed by atoms with E-state index in [0.717, 1.165) is 58.2 Å². The molecule has 0 aliphatic carbocycles. The molecular weight excluding hydrogens is 266 g/mol. The predicted molar refractivity (Wildman–Crippen MR) is 81.0 cm³/mol. The lowest BCUT2D eigenvalue weighted by molar-refractivity contribution is -0.133. The molecule has 5 heteroatoms. The highest BCUT2D eigenvalue weighted by Crippen LogP contribution is 2.19. The summed E-state index contributed by atoms with van der Waals surface area (Å²) in [6, 6.07) is 3.92. The van der Waals surface area contributed by atoms with E-state index in [2.05, 4.69) is 4.90 Å². The standard InChI is InChI=1S/C16H25N3O2/c20-16(14-17-5-1-2-6-17)19-7-3-15(4-8-19)13-18-9-11-21-12-10-18/h1-2,5-6,15H,3-4,7-14H2. The average molecular weight is 291 g/mol. The van der Waals surface area contributed by atoms with Gasteiger partial charge in [-0.3, -0.25) is 9.69 Å². The Balaban J connectivity index is 1.41. The highest BCUT2D eigenvalue weighted by Gasteiger charge is 2.24. The van der Waals surface area contributed by atoms with Crippen molar-refractivity contribution in [1.82, 2.24) is 14.4 Å². The van der Waals surface area contributed by atoms with Crippen LogP contribution in [-0.2, 0) is 16.1 Å². The van der Waals surface area contributed by atoms with E-state index in [1.165, 1.54) is 6.54 Å². The fraction of sp³-hybridized carbons (Fsp3) is 0.688. The van der Waals surface area contributed by atoms with Crippen LogP contribution in [0.4, 0.5) is 0 Å². The van der Waals surface area contributed by atoms with Gasteiger partial charge in [0, 0.05) is 45.1 Å². The topological polar surface area (TPSA) is 37.7 Å². The Morgan fingerprint density at radius 1 is 1.05 bits per heavy atom. The van der Waals surface area contributed by atoms with E-state index in [0.29, 0.717) is 6.54 Å². The number of ether oxygens (including phenoxy) is 1. The summed E-state index contributed by atoms with van der Waals surface area (Å²) >= 11 is 0. The monoisotopic (exact) mass is 291 g/mol. The van der Waals surface area contributed by atoms with Crippen LogP contribution in [0.25, 0.3) is 0 Å². The van der Waals surface area contributed by atoms with Gasteiger partial charge in [0.25, 0.3) is 0 Å². The van der Waals surface area contributed by atoms with Crippen molar-refractivity contribution in [2.24, 2.45) is 5.92 Å². The van der Waals surface area contributed by atoms with E-state index in [9.17, 15) is 4.79 Å². The van der Waals surface area contributed by atoms with Crippen LogP contribution in [0.2, 0.25) is 0 Å². The van der Waals surface area contributed by atoms with Gasteiger partial charge in [-0.1, -0.05) is 0 Å². The SMILES string of the molecule is O=C(Cn1cccc1)N1CCC(CN2CCOCC2)CC1. The molecule has 2 aliphatic rings. The van der Waals surface area contributed by atoms with E-state index in [4.69, 9.17) is 4.74 Å². The van der Waals surface area contributed by atoms with Crippen molar-refractivity contribution in [3.8, 4) is 0 Å². The third-order valence-corrected chi connectivity index (χ3v) is 4.57. The first kappa shape index (κ1) is 14.6. The number of piperidine rings is 1. The van der Waals surface area contributed by atoms with Gasteiger partial charge in [-0.2, -0.15) is 0 Å². The van der Waals surface area contributed by atoms with E-state index in [1.807, 2.05) is 34.0 Å². The summed E-state index contributed by atoms with van der Waals surface area (Å²) < 4.78 is 7.34. The second kappa shape index (κ2) is 7.09. The van der Waals surface area contributed by atoms with Crippen molar-refractivity contribution < 1.29 is 9.53 Å². The Kier molecular flexibility index (Phi) is 4.93. The zero-order valence-electron chi connectivity index (χ0n) is 12.6. The van der Waals surface area contributed by atoms with Crippen LogP contribution in [-0.4, -0.2) is 66.2 Å². The highest BCUT2D eigenvalue weighted by molar-refractivity contribution is 5.76. The molecule has 0 radical (unpaired) electrons. The third-order valence-electron chi connectivity index (χ3n) is 4.57. The molecule has 1 aromatic rings. The van der Waals surface area contributed by atoms with E-state index in [-0.39, 0.29) is 5.91 Å². The summed E-state index contributed by atoms with van der Waals surface area (Å²) in [6.45, 7) is 7.33. The maximum Gasteiger partial charge on any atom is 0.242 e. The number of likely N-dealkylation sites (tertiary alicyclic amines) is 1. The number of hydrogen-bond acceptors (Lipinski definition) is 3. The van der Waals surface area contributed by atoms with E-state index >= 15 is 0 Å². The molecule has 0 bridgehead atoms. The van der Waals surface area contributed by atoms with Crippen LogP contribution in [0, 0.1) is 5.92 Å². The Bertz CT molecular complexity index is 432. The summed E-state index contributed by atoms with van der Waals surface area (Å²) in [5, 5.41) is 0. The maximum absolute atomic E-state index is 12.2. The van der Waals surface area contributed by atoms with Crippen molar-refractivity contribution >= 4 is 5.91 Å². The van der Waals surface area contributed by atoms with Crippen molar-refractivity contribution in [1.29, 1.82) is 0 Å². The van der Waals surface area contributed by atoms with E-state index in [1.54, 1.807) is 0 Å². The van der Waals surface area contributed by atoms with Crippen LogP contribution in [0.1, 0.15) is 12.8 Å². The molecule has 21 heavy (non-hydrogen) atoms. The van der Waals surface area contributed by atoms with Crippen LogP contribution >= 0.6 is 0 Å². The zero-order chi connectivity index (χ0) is 14.5. The maximum atomic E-state index is 12.2. The van der Waals surface area contributed by atoms with Gasteiger partial charge < -0.3 is 14.2 Å². The normalized spacial score (nSPS) is 21.6. The Labute approximate surface area is 126 Å². The number of rotatable bonds is 4. The number of carbonyl (C=O) groups excluding carboxylic acids is 1. The van der Waals surface area contributed by atoms with Crippen molar-refractivity contribution in [2.75, 3.05) is 45.9 Å². The molecule has 2 fully saturated rings. The fourth-order valence-electron chi connectivity index (χ4n) is 3.25. The number of amides is 1. The molecular formula is C16H25N3O2. The van der Waals surface area contributed by atoms with Crippen molar-refractivity contribution in [2.45, 2.75) is 19.4 Å². The van der Waals surface area contributed by atoms with Gasteiger partial charge in [-0.15, -0.1) is 0 Å². The summed E-state index contributed by atoms with van der Waals surface area (Å²) in [4.78, 5) is 16.8. The predicted octanol–water partition coefficient (Wildman–Crippen LogP) is 1.06. The molecule has 0 N–H and O–H groups in total. The van der Waals surface area contributed by atoms with Gasteiger partial charge in [0.2, 0.25) is 5.91 Å². The Hall–Kier alpha value is -1.33. The molecule has 3 heterocycles. The molecule has 0 saturated carbocycles. The van der Waals surface area contributed by atoms with Gasteiger partial charge in [-0.25, -0.2) is 0 Å². The lowest BCUT2D eigenvalue weighted by Crippen LogP contribution is -2.44. The molecule has 0 spiro atoms. The van der Waals surface area contributed by atoms with Crippen molar-refractivity contribution in [3.63, 3.8) is 0 Å². The molecule has 0 atom stereocenters. The Morgan fingerprint density at radius 3 is 2.38 bits per heavy atom. The second-order valence-corrected chi connectivity index (χ2v) is 6.09. The number of hydrogen-bond donors (Lipinski definition) is 0. The lowest BCUT2D eigenvalue weighted by Gasteiger charge is -2.36. The summed E-state index contributed by atoms with van der Waals surface area (Å²) in [6.07, 6.45) is 6.16. The fourth-order valence-corrected chi connectivity index (χ4v) is 3.25. The van der Waals surface area contributed by atoms with Gasteiger partial charge in [0.15, 0.2) is 0 Å². The molecule has 0 aromatic carbocycles. The zero-order valence-corrected chi connectivity index (χ0v) is 12.6. The minimum Gasteiger partial charge on any atom is -0.379 e. The molecule has 116 valence electrons. The number of carbonyl (C=O) groups is 1. The molecule has 1 aromatic heterocycles. The lowest BCUT2D eigenvalue weighted by atomic mass is 9.96. The van der Waals surface area contributed by atoms with Gasteiger partial charge in [-0.05, 0) is 30.9 Å². The summed E-state index contributed by atoms with van der Waals surface area (Å²) in [7, 11) is 0. The first-order valence-electron chi connectivity index (χ1n) is 8.00. The van der Waals surface area contributed by atoms with Gasteiger partial charge in [0.1, 0.15) is 6.54 Å². The molecule has 2 aliphatic heterocycles. The first-order valence-corrected chi connectivity index (χ1v) is 8.00. The third kappa shape index (κ3) is 4.08. The quantitative estimate of drug-likeness (QED) is 0.832. The molecule has 5 nitrogen and oxygen atoms in total. The molecule has 2 saturated heterocycles. The Morgan fingerprint density at radius 2 is 1.71 bits per heavy atom. The first-order chi connectivity index (χ1) is 10.3. The largest absolute Gasteiger partial charge is 0.379 e. The van der Waals surface area contributed by atoms with Crippen LogP contribution in [0.3, 0.4) is 0 Å². The van der Waals surface area contributed by atoms with Gasteiger partial charge >= 0.3 is 0 Å². The number of aromatic nitrogens is 1. The smallest absolute Gasteiger partial charge is 0.242 e. The van der Waals surface area contributed by atoms with E-state index < -0.39 is 0 Å². The minimum atomic E-state index is 0.246. The molecule has 1 amide bonds. The summed E-state index contributed by atoms with van der Waals surface area (Å²) in [5.74, 6) is 0.981.